The molecular formula is C14H18N2O2S. The van der Waals surface area contributed by atoms with E-state index in [4.69, 9.17) is 10.5 Å². The third kappa shape index (κ3) is 3.16. The van der Waals surface area contributed by atoms with Gasteiger partial charge in [-0.05, 0) is 25.0 Å². The van der Waals surface area contributed by atoms with Gasteiger partial charge in [0.05, 0.1) is 22.4 Å². The first kappa shape index (κ1) is 14.1. The van der Waals surface area contributed by atoms with Crippen LogP contribution in [-0.4, -0.2) is 43.7 Å². The molecule has 1 unspecified atom stereocenters. The van der Waals surface area contributed by atoms with Gasteiger partial charge in [-0.15, -0.1) is 11.3 Å². The summed E-state index contributed by atoms with van der Waals surface area (Å²) in [5.41, 5.74) is 6.40. The number of likely N-dealkylation sites (tertiary alicyclic amines) is 1. The van der Waals surface area contributed by atoms with Gasteiger partial charge in [0.2, 0.25) is 0 Å². The van der Waals surface area contributed by atoms with Crippen LogP contribution in [0.5, 0.6) is 0 Å². The fraction of sp³-hybridized carbons (Fsp3) is 0.500. The van der Waals surface area contributed by atoms with Gasteiger partial charge in [-0.1, -0.05) is 11.8 Å². The van der Waals surface area contributed by atoms with Gasteiger partial charge in [0.25, 0.3) is 5.91 Å². The number of hydrogen-bond donors (Lipinski definition) is 1. The zero-order valence-electron chi connectivity index (χ0n) is 11.2. The molecule has 1 aliphatic heterocycles. The van der Waals surface area contributed by atoms with Gasteiger partial charge in [-0.2, -0.15) is 0 Å². The Labute approximate surface area is 117 Å². The van der Waals surface area contributed by atoms with E-state index in [2.05, 4.69) is 11.8 Å². The fourth-order valence-electron chi connectivity index (χ4n) is 2.10. The maximum absolute atomic E-state index is 12.4. The number of nitrogens with two attached hydrogens (primary N) is 1. The number of nitrogens with zero attached hydrogens (tertiary/aromatic N) is 1. The maximum atomic E-state index is 12.4. The van der Waals surface area contributed by atoms with Crippen molar-refractivity contribution in [3.8, 4) is 11.8 Å². The van der Waals surface area contributed by atoms with Crippen LogP contribution in [0, 0.1) is 18.8 Å². The standard InChI is InChI=1S/C14H18N2O2S/c1-10-8-13(19-12(10)4-3-6-15)14(17)16-7-5-11(9-16)18-2/h8,11H,5-7,9,15H2,1-2H3. The number of ether oxygens (including phenoxy) is 1. The van der Waals surface area contributed by atoms with Gasteiger partial charge in [0, 0.05) is 20.2 Å². The van der Waals surface area contributed by atoms with E-state index in [0.717, 1.165) is 28.3 Å². The lowest BCUT2D eigenvalue weighted by atomic mass is 10.2. The second kappa shape index (κ2) is 6.20. The second-order valence-corrected chi connectivity index (χ2v) is 5.58. The van der Waals surface area contributed by atoms with Gasteiger partial charge in [0.15, 0.2) is 0 Å². The molecule has 2 rings (SSSR count). The summed E-state index contributed by atoms with van der Waals surface area (Å²) < 4.78 is 5.28. The molecular weight excluding hydrogens is 260 g/mol. The number of carbonyl (C=O) groups is 1. The zero-order chi connectivity index (χ0) is 13.8. The van der Waals surface area contributed by atoms with Crippen LogP contribution in [0.4, 0.5) is 0 Å². The Hall–Kier alpha value is -1.35. The summed E-state index contributed by atoms with van der Waals surface area (Å²) in [6, 6.07) is 1.91. The lowest BCUT2D eigenvalue weighted by Crippen LogP contribution is -2.29. The highest BCUT2D eigenvalue weighted by Gasteiger charge is 2.27. The minimum absolute atomic E-state index is 0.0773. The van der Waals surface area contributed by atoms with E-state index >= 15 is 0 Å². The van der Waals surface area contributed by atoms with Crippen molar-refractivity contribution < 1.29 is 9.53 Å². The van der Waals surface area contributed by atoms with E-state index in [-0.39, 0.29) is 12.0 Å². The van der Waals surface area contributed by atoms with Crippen molar-refractivity contribution in [2.75, 3.05) is 26.7 Å². The Balaban J connectivity index is 2.12. The molecule has 19 heavy (non-hydrogen) atoms. The summed E-state index contributed by atoms with van der Waals surface area (Å²) in [5, 5.41) is 0. The molecule has 1 amide bonds. The first-order valence-electron chi connectivity index (χ1n) is 6.27. The molecule has 5 heteroatoms. The molecule has 0 spiro atoms. The Morgan fingerprint density at radius 3 is 3.11 bits per heavy atom. The first-order valence-corrected chi connectivity index (χ1v) is 7.08. The van der Waals surface area contributed by atoms with E-state index < -0.39 is 0 Å². The SMILES string of the molecule is COC1CCN(C(=O)c2cc(C)c(C#CCN)s2)C1. The predicted octanol–water partition coefficient (Wildman–Crippen LogP) is 1.23. The van der Waals surface area contributed by atoms with Crippen molar-refractivity contribution in [1.82, 2.24) is 4.90 Å². The van der Waals surface area contributed by atoms with Crippen LogP contribution in [0.3, 0.4) is 0 Å². The molecule has 0 radical (unpaired) electrons. The number of carbonyl (C=O) groups excluding carboxylic acids is 1. The molecule has 2 N–H and O–H groups in total. The monoisotopic (exact) mass is 278 g/mol. The highest BCUT2D eigenvalue weighted by molar-refractivity contribution is 7.14. The molecule has 1 atom stereocenters. The largest absolute Gasteiger partial charge is 0.380 e. The molecule has 0 aromatic carbocycles. The Kier molecular flexibility index (Phi) is 4.59. The third-order valence-electron chi connectivity index (χ3n) is 3.20. The van der Waals surface area contributed by atoms with Gasteiger partial charge in [-0.3, -0.25) is 4.79 Å². The summed E-state index contributed by atoms with van der Waals surface area (Å²) in [4.78, 5) is 15.9. The molecule has 1 fully saturated rings. The van der Waals surface area contributed by atoms with Crippen molar-refractivity contribution in [3.63, 3.8) is 0 Å². The lowest BCUT2D eigenvalue weighted by molar-refractivity contribution is 0.0728. The summed E-state index contributed by atoms with van der Waals surface area (Å²) in [6.45, 7) is 3.74. The zero-order valence-corrected chi connectivity index (χ0v) is 12.0. The highest BCUT2D eigenvalue weighted by atomic mass is 32.1. The molecule has 102 valence electrons. The van der Waals surface area contributed by atoms with Crippen molar-refractivity contribution in [1.29, 1.82) is 0 Å². The van der Waals surface area contributed by atoms with Crippen molar-refractivity contribution in [3.05, 3.63) is 21.4 Å². The molecule has 0 saturated carbocycles. The second-order valence-electron chi connectivity index (χ2n) is 4.53. The van der Waals surface area contributed by atoms with Crippen molar-refractivity contribution in [2.45, 2.75) is 19.4 Å². The Morgan fingerprint density at radius 1 is 1.68 bits per heavy atom. The van der Waals surface area contributed by atoms with Gasteiger partial charge in [0.1, 0.15) is 0 Å². The molecule has 1 saturated heterocycles. The molecule has 1 aliphatic rings. The molecule has 4 nitrogen and oxygen atoms in total. The van der Waals surface area contributed by atoms with Crippen LogP contribution >= 0.6 is 11.3 Å². The van der Waals surface area contributed by atoms with Crippen molar-refractivity contribution in [2.24, 2.45) is 5.73 Å². The smallest absolute Gasteiger partial charge is 0.264 e. The van der Waals surface area contributed by atoms with E-state index in [1.807, 2.05) is 17.9 Å². The predicted molar refractivity (Wildman–Crippen MR) is 76.3 cm³/mol. The van der Waals surface area contributed by atoms with Crippen LogP contribution in [0.25, 0.3) is 0 Å². The normalized spacial score (nSPS) is 18.3. The number of rotatable bonds is 2. The van der Waals surface area contributed by atoms with Gasteiger partial charge in [-0.25, -0.2) is 0 Å². The van der Waals surface area contributed by atoms with E-state index in [1.54, 1.807) is 7.11 Å². The topological polar surface area (TPSA) is 55.6 Å². The van der Waals surface area contributed by atoms with Crippen LogP contribution in [-0.2, 0) is 4.74 Å². The number of amides is 1. The molecule has 1 aromatic heterocycles. The lowest BCUT2D eigenvalue weighted by Gasteiger charge is -2.14. The summed E-state index contributed by atoms with van der Waals surface area (Å²) in [6.07, 6.45) is 1.08. The van der Waals surface area contributed by atoms with Gasteiger partial charge >= 0.3 is 0 Å². The Morgan fingerprint density at radius 2 is 2.47 bits per heavy atom. The summed E-state index contributed by atoms with van der Waals surface area (Å²) in [7, 11) is 1.69. The van der Waals surface area contributed by atoms with Crippen molar-refractivity contribution >= 4 is 17.2 Å². The van der Waals surface area contributed by atoms with Crippen LogP contribution in [0.2, 0.25) is 0 Å². The molecule has 0 bridgehead atoms. The molecule has 0 aliphatic carbocycles. The van der Waals surface area contributed by atoms with Crippen LogP contribution < -0.4 is 5.73 Å². The summed E-state index contributed by atoms with van der Waals surface area (Å²) >= 11 is 1.44. The number of aryl methyl sites for hydroxylation is 1. The van der Waals surface area contributed by atoms with Crippen LogP contribution in [0.1, 0.15) is 26.5 Å². The van der Waals surface area contributed by atoms with Crippen LogP contribution in [0.15, 0.2) is 6.07 Å². The quantitative estimate of drug-likeness (QED) is 0.828. The van der Waals surface area contributed by atoms with E-state index in [9.17, 15) is 4.79 Å². The number of thiophene rings is 1. The molecule has 1 aromatic rings. The first-order chi connectivity index (χ1) is 9.15. The maximum Gasteiger partial charge on any atom is 0.264 e. The minimum Gasteiger partial charge on any atom is -0.380 e. The third-order valence-corrected chi connectivity index (χ3v) is 4.34. The highest BCUT2D eigenvalue weighted by Crippen LogP contribution is 2.24. The molecule has 2 heterocycles. The van der Waals surface area contributed by atoms with E-state index in [0.29, 0.717) is 13.1 Å². The fourth-order valence-corrected chi connectivity index (χ4v) is 3.12. The number of methoxy groups -OCH3 is 1. The minimum atomic E-state index is 0.0773. The van der Waals surface area contributed by atoms with E-state index in [1.165, 1.54) is 11.3 Å². The summed E-state index contributed by atoms with van der Waals surface area (Å²) in [5.74, 6) is 5.91. The average molecular weight is 278 g/mol. The Bertz CT molecular complexity index is 527. The van der Waals surface area contributed by atoms with Gasteiger partial charge < -0.3 is 15.4 Å². The average Bonchev–Trinajstić information content (AvgIpc) is 3.02. The number of hydrogen-bond acceptors (Lipinski definition) is 4.